The van der Waals surface area contributed by atoms with Crippen molar-refractivity contribution in [2.45, 2.75) is 404 Å². The summed E-state index contributed by atoms with van der Waals surface area (Å²) in [5.74, 6) is 8.90. The summed E-state index contributed by atoms with van der Waals surface area (Å²) in [5.41, 5.74) is 0.758. The molecule has 0 amide bonds. The zero-order valence-corrected chi connectivity index (χ0v) is 68.9. The Hall–Kier alpha value is -3.16. The minimum atomic E-state index is -0.425. The summed E-state index contributed by atoms with van der Waals surface area (Å²) in [6.07, 6.45) is 74.1. The zero-order valence-electron chi connectivity index (χ0n) is 68.9. The van der Waals surface area contributed by atoms with Crippen molar-refractivity contribution in [2.24, 2.45) is 104 Å². The highest BCUT2D eigenvalue weighted by Crippen LogP contribution is 2.70. The van der Waals surface area contributed by atoms with Gasteiger partial charge in [-0.05, 0) is 340 Å². The van der Waals surface area contributed by atoms with Crippen LogP contribution in [0.5, 0.6) is 0 Å². The Kier molecular flexibility index (Phi) is 35.9. The first-order valence-electron chi connectivity index (χ1n) is 44.1. The molecule has 8 nitrogen and oxygen atoms in total. The maximum absolute atomic E-state index is 12.7. The van der Waals surface area contributed by atoms with E-state index in [2.05, 4.69) is 104 Å². The van der Waals surface area contributed by atoms with Gasteiger partial charge in [0, 0.05) is 12.8 Å². The summed E-state index contributed by atoms with van der Waals surface area (Å²) >= 11 is 0. The minimum absolute atomic E-state index is 0.0166. The quantitative estimate of drug-likeness (QED) is 0.0259. The predicted molar refractivity (Wildman–Crippen MR) is 427 cm³/mol. The molecule has 0 aliphatic heterocycles. The second-order valence-electron chi connectivity index (χ2n) is 38.5. The van der Waals surface area contributed by atoms with E-state index in [-0.39, 0.29) is 36.1 Å². The highest BCUT2D eigenvalue weighted by atomic mass is 16.6. The summed E-state index contributed by atoms with van der Waals surface area (Å²) in [4.78, 5) is 50.7. The Labute approximate surface area is 628 Å². The summed E-state index contributed by atoms with van der Waals surface area (Å²) in [6, 6.07) is 0. The molecular weight excluding hydrogens is 1260 g/mol. The van der Waals surface area contributed by atoms with Crippen LogP contribution in [0.2, 0.25) is 0 Å². The lowest BCUT2D eigenvalue weighted by Crippen LogP contribution is -2.54. The van der Waals surface area contributed by atoms with Crippen LogP contribution in [0.15, 0.2) is 48.6 Å². The number of hydrogen-bond donors (Lipinski definition) is 0. The summed E-state index contributed by atoms with van der Waals surface area (Å²) in [7, 11) is 0. The van der Waals surface area contributed by atoms with Gasteiger partial charge in [-0.15, -0.1) is 0 Å². The van der Waals surface area contributed by atoms with Crippen molar-refractivity contribution in [1.29, 1.82) is 0 Å². The molecule has 0 aromatic carbocycles. The van der Waals surface area contributed by atoms with E-state index in [0.29, 0.717) is 71.4 Å². The van der Waals surface area contributed by atoms with E-state index < -0.39 is 10.8 Å². The van der Waals surface area contributed by atoms with Gasteiger partial charge in [-0.25, -0.2) is 0 Å². The molecular formula is C94H160O8. The van der Waals surface area contributed by atoms with Crippen LogP contribution < -0.4 is 0 Å². The smallest absolute Gasteiger partial charge is 0.311 e. The van der Waals surface area contributed by atoms with Crippen molar-refractivity contribution in [3.63, 3.8) is 0 Å². The second kappa shape index (κ2) is 42.6. The second-order valence-corrected chi connectivity index (χ2v) is 38.5. The third-order valence-electron chi connectivity index (χ3n) is 29.4. The number of hydrogen-bond acceptors (Lipinski definition) is 8. The van der Waals surface area contributed by atoms with E-state index in [1.807, 2.05) is 41.5 Å². The molecule has 10 unspecified atom stereocenters. The summed E-state index contributed by atoms with van der Waals surface area (Å²) < 4.78 is 23.5. The van der Waals surface area contributed by atoms with Gasteiger partial charge in [0.2, 0.25) is 0 Å². The van der Waals surface area contributed by atoms with Crippen molar-refractivity contribution in [3.05, 3.63) is 48.6 Å². The van der Waals surface area contributed by atoms with Crippen LogP contribution in [0.1, 0.15) is 392 Å². The van der Waals surface area contributed by atoms with Gasteiger partial charge in [-0.3, -0.25) is 19.2 Å². The average Bonchev–Trinajstić information content (AvgIpc) is 1.41. The van der Waals surface area contributed by atoms with E-state index in [0.717, 1.165) is 124 Å². The molecule has 0 spiro atoms. The number of ether oxygens (including phenoxy) is 4. The third-order valence-corrected chi connectivity index (χ3v) is 29.4. The maximum atomic E-state index is 12.7. The monoisotopic (exact) mass is 1420 g/mol. The molecule has 8 saturated carbocycles. The molecule has 0 saturated heterocycles. The highest BCUT2D eigenvalue weighted by Gasteiger charge is 2.63. The van der Waals surface area contributed by atoms with Crippen LogP contribution in [0, 0.1) is 104 Å². The topological polar surface area (TPSA) is 105 Å². The van der Waals surface area contributed by atoms with Crippen LogP contribution in [-0.4, -0.2) is 49.3 Å². The van der Waals surface area contributed by atoms with Crippen molar-refractivity contribution < 1.29 is 38.1 Å². The SMILES string of the molecule is CCCCC/C=C\C/C=C\CCCCCCCCOC(=O)CC[C@@H](C)C1CCC2C3CCC4C[C@H](OC(=O)C(C)(C)C)CC[C@]4(C)C3CC[C@@]21C.CCCCC/C=C\C/C=C\CCCCCCCCOC(=O)CC[C@@H](C)C1CCC2C3CCC4C[C@H](OC(=O)C(C)(C)C)CC[C@]4(C)C3CC[C@@]21C. The standard InChI is InChI=1S/2C47H80O4/c2*1-8-9-10-11-12-13-14-15-16-17-18-19-20-21-22-23-34-50-43(48)29-24-36(2)40-27-28-41-39-26-25-37-35-38(51-44(49)45(3,4)5)30-32-46(37,6)42(39)31-33-47(40,41)7/h2*12-13,15-16,36-42H,8-11,14,17-35H2,1-7H3/b2*13-12-,16-15-/t2*36-,37?,38-,39?,40?,41?,42?,46+,47-/m11/s1. The Bertz CT molecular complexity index is 2410. The first-order valence-corrected chi connectivity index (χ1v) is 44.1. The van der Waals surface area contributed by atoms with Crippen LogP contribution in [0.25, 0.3) is 0 Å². The van der Waals surface area contributed by atoms with Crippen LogP contribution >= 0.6 is 0 Å². The zero-order chi connectivity index (χ0) is 73.8. The van der Waals surface area contributed by atoms with Crippen molar-refractivity contribution >= 4 is 23.9 Å². The molecule has 102 heavy (non-hydrogen) atoms. The molecule has 584 valence electrons. The van der Waals surface area contributed by atoms with Gasteiger partial charge < -0.3 is 18.9 Å². The van der Waals surface area contributed by atoms with Gasteiger partial charge in [0.1, 0.15) is 12.2 Å². The fourth-order valence-corrected chi connectivity index (χ4v) is 23.0. The number of esters is 4. The van der Waals surface area contributed by atoms with Crippen LogP contribution in [-0.2, 0) is 38.1 Å². The number of unbranched alkanes of at least 4 members (excludes halogenated alkanes) is 18. The van der Waals surface area contributed by atoms with Gasteiger partial charge >= 0.3 is 23.9 Å². The lowest BCUT2D eigenvalue weighted by atomic mass is 9.44. The van der Waals surface area contributed by atoms with Crippen LogP contribution in [0.4, 0.5) is 0 Å². The molecule has 0 bridgehead atoms. The molecule has 0 aromatic heterocycles. The number of carbonyl (C=O) groups excluding carboxylic acids is 4. The van der Waals surface area contributed by atoms with E-state index in [9.17, 15) is 19.2 Å². The lowest BCUT2D eigenvalue weighted by molar-refractivity contribution is -0.171. The van der Waals surface area contributed by atoms with E-state index >= 15 is 0 Å². The highest BCUT2D eigenvalue weighted by molar-refractivity contribution is 5.76. The van der Waals surface area contributed by atoms with Gasteiger partial charge in [0.15, 0.2) is 0 Å². The third kappa shape index (κ3) is 24.9. The predicted octanol–water partition coefficient (Wildman–Crippen LogP) is 26.8. The first kappa shape index (κ1) is 86.1. The van der Waals surface area contributed by atoms with E-state index in [1.165, 1.54) is 205 Å². The first-order chi connectivity index (χ1) is 48.8. The lowest BCUT2D eigenvalue weighted by Gasteiger charge is -2.61. The molecule has 0 heterocycles. The number of allylic oxidation sites excluding steroid dienone is 8. The van der Waals surface area contributed by atoms with Gasteiger partial charge in [0.05, 0.1) is 24.0 Å². The minimum Gasteiger partial charge on any atom is -0.466 e. The van der Waals surface area contributed by atoms with Crippen molar-refractivity contribution in [3.8, 4) is 0 Å². The Morgan fingerprint density at radius 3 is 1.06 bits per heavy atom. The van der Waals surface area contributed by atoms with E-state index in [4.69, 9.17) is 18.9 Å². The number of fused-ring (bicyclic) bond motifs is 10. The summed E-state index contributed by atoms with van der Waals surface area (Å²) in [5, 5.41) is 0. The molecule has 8 rings (SSSR count). The van der Waals surface area contributed by atoms with E-state index in [1.54, 1.807) is 0 Å². The van der Waals surface area contributed by atoms with Crippen LogP contribution in [0.3, 0.4) is 0 Å². The molecule has 18 atom stereocenters. The molecule has 0 aromatic rings. The molecule has 0 N–H and O–H groups in total. The normalized spacial score (nSPS) is 32.8. The molecule has 8 aliphatic rings. The maximum Gasteiger partial charge on any atom is 0.311 e. The molecule has 0 radical (unpaired) electrons. The Balaban J connectivity index is 0.000000286. The largest absolute Gasteiger partial charge is 0.466 e. The van der Waals surface area contributed by atoms with Gasteiger partial charge in [-0.1, -0.05) is 181 Å². The Morgan fingerprint density at radius 1 is 0.382 bits per heavy atom. The Morgan fingerprint density at radius 2 is 0.706 bits per heavy atom. The molecule has 8 heteroatoms. The van der Waals surface area contributed by atoms with Gasteiger partial charge in [0.25, 0.3) is 0 Å². The summed E-state index contributed by atoms with van der Waals surface area (Å²) in [6.45, 7) is 32.8. The number of carbonyl (C=O) groups is 4. The average molecular weight is 1420 g/mol. The fourth-order valence-electron chi connectivity index (χ4n) is 23.0. The fraction of sp³-hybridized carbons (Fsp3) is 0.872. The van der Waals surface area contributed by atoms with Crippen molar-refractivity contribution in [1.82, 2.24) is 0 Å². The van der Waals surface area contributed by atoms with Gasteiger partial charge in [-0.2, -0.15) is 0 Å². The molecule has 8 fully saturated rings. The number of rotatable bonds is 40. The van der Waals surface area contributed by atoms with Crippen molar-refractivity contribution in [2.75, 3.05) is 13.2 Å². The molecule has 8 aliphatic carbocycles.